The maximum atomic E-state index is 5.92. The van der Waals surface area contributed by atoms with Crippen molar-refractivity contribution in [3.05, 3.63) is 57.2 Å². The summed E-state index contributed by atoms with van der Waals surface area (Å²) >= 11 is 17.5. The maximum absolute atomic E-state index is 5.92. The summed E-state index contributed by atoms with van der Waals surface area (Å²) in [7, 11) is 0. The third kappa shape index (κ3) is 3.50. The molecule has 2 aromatic rings. The number of benzene rings is 1. The first kappa shape index (κ1) is 12.5. The molecule has 0 aliphatic heterocycles. The predicted molar refractivity (Wildman–Crippen MR) is 73.0 cm³/mol. The summed E-state index contributed by atoms with van der Waals surface area (Å²) in [6, 6.07) is 10.9. The van der Waals surface area contributed by atoms with Crippen LogP contribution in [-0.2, 0) is 6.54 Å². The smallest absolute Gasteiger partial charge is 0.131 e. The van der Waals surface area contributed by atoms with Crippen molar-refractivity contribution in [1.82, 2.24) is 4.98 Å². The van der Waals surface area contributed by atoms with Gasteiger partial charge in [0, 0.05) is 6.54 Å². The van der Waals surface area contributed by atoms with E-state index in [9.17, 15) is 0 Å². The number of aromatic nitrogens is 1. The Hall–Kier alpha value is -0.960. The van der Waals surface area contributed by atoms with Gasteiger partial charge < -0.3 is 5.32 Å². The van der Waals surface area contributed by atoms with Gasteiger partial charge in [0.15, 0.2) is 0 Å². The zero-order chi connectivity index (χ0) is 12.3. The van der Waals surface area contributed by atoms with E-state index in [4.69, 9.17) is 34.8 Å². The fraction of sp³-hybridized carbons (Fsp3) is 0.0833. The average molecular weight is 288 g/mol. The zero-order valence-electron chi connectivity index (χ0n) is 8.75. The number of anilines is 1. The predicted octanol–water partition coefficient (Wildman–Crippen LogP) is 4.65. The van der Waals surface area contributed by atoms with E-state index in [0.29, 0.717) is 21.7 Å². The molecule has 0 aliphatic rings. The van der Waals surface area contributed by atoms with Crippen molar-refractivity contribution in [3.8, 4) is 0 Å². The molecule has 0 radical (unpaired) electrons. The highest BCUT2D eigenvalue weighted by atomic mass is 35.5. The first-order valence-electron chi connectivity index (χ1n) is 4.95. The Labute approximate surface area is 115 Å². The molecule has 0 spiro atoms. The Bertz CT molecular complexity index is 529. The Kier molecular flexibility index (Phi) is 4.11. The van der Waals surface area contributed by atoms with Crippen LogP contribution in [0.4, 0.5) is 5.82 Å². The molecule has 88 valence electrons. The normalized spacial score (nSPS) is 10.3. The molecule has 2 nitrogen and oxygen atoms in total. The largest absolute Gasteiger partial charge is 0.366 e. The zero-order valence-corrected chi connectivity index (χ0v) is 11.0. The molecule has 1 N–H and O–H groups in total. The monoisotopic (exact) mass is 286 g/mol. The maximum Gasteiger partial charge on any atom is 0.131 e. The lowest BCUT2D eigenvalue weighted by atomic mass is 10.2. The van der Waals surface area contributed by atoms with Gasteiger partial charge in [-0.05, 0) is 29.8 Å². The van der Waals surface area contributed by atoms with Crippen molar-refractivity contribution >= 4 is 40.6 Å². The molecule has 17 heavy (non-hydrogen) atoms. The Morgan fingerprint density at radius 1 is 1.00 bits per heavy atom. The highest BCUT2D eigenvalue weighted by molar-refractivity contribution is 6.42. The highest BCUT2D eigenvalue weighted by Crippen LogP contribution is 2.23. The molecule has 0 saturated heterocycles. The van der Waals surface area contributed by atoms with Gasteiger partial charge in [-0.2, -0.15) is 0 Å². The van der Waals surface area contributed by atoms with Crippen molar-refractivity contribution in [3.63, 3.8) is 0 Å². The van der Waals surface area contributed by atoms with Gasteiger partial charge in [0.2, 0.25) is 0 Å². The van der Waals surface area contributed by atoms with Gasteiger partial charge in [-0.15, -0.1) is 0 Å². The van der Waals surface area contributed by atoms with Gasteiger partial charge in [-0.1, -0.05) is 46.9 Å². The molecule has 1 aromatic carbocycles. The molecule has 1 heterocycles. The topological polar surface area (TPSA) is 24.9 Å². The van der Waals surface area contributed by atoms with Crippen LogP contribution in [0.3, 0.4) is 0 Å². The number of hydrogen-bond donors (Lipinski definition) is 1. The van der Waals surface area contributed by atoms with E-state index in [2.05, 4.69) is 10.3 Å². The quantitative estimate of drug-likeness (QED) is 0.831. The van der Waals surface area contributed by atoms with Crippen LogP contribution in [0.1, 0.15) is 5.56 Å². The molecule has 2 rings (SSSR count). The third-order valence-corrected chi connectivity index (χ3v) is 3.12. The fourth-order valence-electron chi connectivity index (χ4n) is 1.35. The minimum atomic E-state index is 0.462. The van der Waals surface area contributed by atoms with Crippen LogP contribution in [-0.4, -0.2) is 4.98 Å². The lowest BCUT2D eigenvalue weighted by Gasteiger charge is -2.06. The van der Waals surface area contributed by atoms with Crippen LogP contribution < -0.4 is 5.32 Å². The molecular weight excluding hydrogens is 279 g/mol. The summed E-state index contributed by atoms with van der Waals surface area (Å²) in [5, 5.41) is 4.71. The van der Waals surface area contributed by atoms with Crippen LogP contribution in [0, 0.1) is 0 Å². The summed E-state index contributed by atoms with van der Waals surface area (Å²) in [5.74, 6) is 0.726. The standard InChI is InChI=1S/C12H9Cl3N2/c13-9-5-4-8(6-10(9)14)7-16-12-3-1-2-11(15)17-12/h1-6H,7H2,(H,16,17). The molecule has 5 heteroatoms. The van der Waals surface area contributed by atoms with Crippen LogP contribution in [0.15, 0.2) is 36.4 Å². The second-order valence-corrected chi connectivity index (χ2v) is 4.65. The van der Waals surface area contributed by atoms with E-state index in [0.717, 1.165) is 11.4 Å². The summed E-state index contributed by atoms with van der Waals surface area (Å²) in [6.07, 6.45) is 0. The van der Waals surface area contributed by atoms with Crippen molar-refractivity contribution < 1.29 is 0 Å². The van der Waals surface area contributed by atoms with Crippen LogP contribution in [0.25, 0.3) is 0 Å². The highest BCUT2D eigenvalue weighted by Gasteiger charge is 2.00. The van der Waals surface area contributed by atoms with Crippen LogP contribution in [0.5, 0.6) is 0 Å². The van der Waals surface area contributed by atoms with Crippen molar-refractivity contribution in [2.45, 2.75) is 6.54 Å². The van der Waals surface area contributed by atoms with Crippen molar-refractivity contribution in [1.29, 1.82) is 0 Å². The van der Waals surface area contributed by atoms with E-state index >= 15 is 0 Å². The second kappa shape index (κ2) is 5.58. The molecule has 0 saturated carbocycles. The second-order valence-electron chi connectivity index (χ2n) is 3.45. The summed E-state index contributed by atoms with van der Waals surface area (Å²) in [6.45, 7) is 0.615. The van der Waals surface area contributed by atoms with Gasteiger partial charge in [0.25, 0.3) is 0 Å². The SMILES string of the molecule is Clc1cccc(NCc2ccc(Cl)c(Cl)c2)n1. The number of pyridine rings is 1. The van der Waals surface area contributed by atoms with Crippen LogP contribution >= 0.6 is 34.8 Å². The summed E-state index contributed by atoms with van der Waals surface area (Å²) in [4.78, 5) is 4.12. The van der Waals surface area contributed by atoms with E-state index in [1.165, 1.54) is 0 Å². The van der Waals surface area contributed by atoms with E-state index in [1.807, 2.05) is 24.3 Å². The first-order chi connectivity index (χ1) is 8.15. The molecule has 0 fully saturated rings. The molecular formula is C12H9Cl3N2. The van der Waals surface area contributed by atoms with E-state index in [1.54, 1.807) is 12.1 Å². The van der Waals surface area contributed by atoms with E-state index < -0.39 is 0 Å². The number of halogens is 3. The van der Waals surface area contributed by atoms with Gasteiger partial charge in [0.1, 0.15) is 11.0 Å². The molecule has 0 amide bonds. The minimum Gasteiger partial charge on any atom is -0.366 e. The molecule has 0 aliphatic carbocycles. The fourth-order valence-corrected chi connectivity index (χ4v) is 1.83. The Morgan fingerprint density at radius 2 is 1.82 bits per heavy atom. The molecule has 0 atom stereocenters. The van der Waals surface area contributed by atoms with Crippen molar-refractivity contribution in [2.24, 2.45) is 0 Å². The van der Waals surface area contributed by atoms with Gasteiger partial charge in [-0.25, -0.2) is 4.98 Å². The lowest BCUT2D eigenvalue weighted by Crippen LogP contribution is -2.01. The van der Waals surface area contributed by atoms with E-state index in [-0.39, 0.29) is 0 Å². The number of nitrogens with one attached hydrogen (secondary N) is 1. The van der Waals surface area contributed by atoms with Gasteiger partial charge in [0.05, 0.1) is 10.0 Å². The van der Waals surface area contributed by atoms with Crippen LogP contribution in [0.2, 0.25) is 15.2 Å². The van der Waals surface area contributed by atoms with Gasteiger partial charge >= 0.3 is 0 Å². The molecule has 0 bridgehead atoms. The third-order valence-electron chi connectivity index (χ3n) is 2.17. The molecule has 1 aromatic heterocycles. The number of nitrogens with zero attached hydrogens (tertiary/aromatic N) is 1. The Morgan fingerprint density at radius 3 is 2.53 bits per heavy atom. The number of rotatable bonds is 3. The van der Waals surface area contributed by atoms with Crippen molar-refractivity contribution in [2.75, 3.05) is 5.32 Å². The number of hydrogen-bond acceptors (Lipinski definition) is 2. The summed E-state index contributed by atoms with van der Waals surface area (Å²) < 4.78 is 0. The van der Waals surface area contributed by atoms with Gasteiger partial charge in [-0.3, -0.25) is 0 Å². The lowest BCUT2D eigenvalue weighted by molar-refractivity contribution is 1.11. The first-order valence-corrected chi connectivity index (χ1v) is 6.09. The Balaban J connectivity index is 2.05. The summed E-state index contributed by atoms with van der Waals surface area (Å²) in [5.41, 5.74) is 1.03. The average Bonchev–Trinajstić information content (AvgIpc) is 2.31. The minimum absolute atomic E-state index is 0.462. The molecule has 0 unspecified atom stereocenters.